The summed E-state index contributed by atoms with van der Waals surface area (Å²) in [4.78, 5) is 0. The molecule has 5 heteroatoms. The van der Waals surface area contributed by atoms with E-state index in [1.165, 1.54) is 11.5 Å². The van der Waals surface area contributed by atoms with Gasteiger partial charge >= 0.3 is 0 Å². The third kappa shape index (κ3) is 5.18. The van der Waals surface area contributed by atoms with E-state index in [0.29, 0.717) is 0 Å². The minimum absolute atomic E-state index is 0.788. The molecule has 0 unspecified atom stereocenters. The molecule has 15 heavy (non-hydrogen) atoms. The van der Waals surface area contributed by atoms with Gasteiger partial charge in [-0.25, -0.2) is 0 Å². The number of rotatable bonds is 7. The van der Waals surface area contributed by atoms with Crippen molar-refractivity contribution in [2.24, 2.45) is 13.0 Å². The summed E-state index contributed by atoms with van der Waals surface area (Å²) in [5, 5.41) is 11.1. The first-order chi connectivity index (χ1) is 7.20. The maximum absolute atomic E-state index is 3.88. The van der Waals surface area contributed by atoms with Gasteiger partial charge in [0.25, 0.3) is 0 Å². The highest BCUT2D eigenvalue weighted by Gasteiger charge is 1.98. The first-order valence-corrected chi connectivity index (χ1v) is 6.47. The van der Waals surface area contributed by atoms with Crippen LogP contribution in [0.1, 0.15) is 19.5 Å². The summed E-state index contributed by atoms with van der Waals surface area (Å²) in [6, 6.07) is 0. The summed E-state index contributed by atoms with van der Waals surface area (Å²) >= 11 is 2.00. The van der Waals surface area contributed by atoms with Crippen molar-refractivity contribution in [3.8, 4) is 0 Å². The molecule has 1 aromatic heterocycles. The van der Waals surface area contributed by atoms with Gasteiger partial charge in [-0.1, -0.05) is 19.1 Å². The molecule has 0 aliphatic rings. The van der Waals surface area contributed by atoms with E-state index in [1.54, 1.807) is 10.9 Å². The Balaban J connectivity index is 2.00. The number of thioether (sulfide) groups is 1. The minimum atomic E-state index is 0.788. The topological polar surface area (TPSA) is 42.7 Å². The van der Waals surface area contributed by atoms with Gasteiger partial charge in [0.2, 0.25) is 0 Å². The van der Waals surface area contributed by atoms with Gasteiger partial charge < -0.3 is 5.32 Å². The smallest absolute Gasteiger partial charge is 0.0738 e. The third-order valence-corrected chi connectivity index (χ3v) is 3.38. The molecule has 0 aliphatic carbocycles. The van der Waals surface area contributed by atoms with Crippen LogP contribution in [0.2, 0.25) is 0 Å². The van der Waals surface area contributed by atoms with E-state index in [-0.39, 0.29) is 0 Å². The Morgan fingerprint density at radius 1 is 1.53 bits per heavy atom. The second kappa shape index (κ2) is 6.85. The highest BCUT2D eigenvalue weighted by Crippen LogP contribution is 2.05. The van der Waals surface area contributed by atoms with Crippen molar-refractivity contribution >= 4 is 11.8 Å². The Morgan fingerprint density at radius 3 is 2.93 bits per heavy atom. The van der Waals surface area contributed by atoms with Gasteiger partial charge in [0.15, 0.2) is 0 Å². The number of hydrogen-bond acceptors (Lipinski definition) is 4. The van der Waals surface area contributed by atoms with E-state index in [1.807, 2.05) is 18.8 Å². The summed E-state index contributed by atoms with van der Waals surface area (Å²) in [6.45, 7) is 6.40. The highest BCUT2D eigenvalue weighted by atomic mass is 32.2. The molecule has 1 aromatic rings. The quantitative estimate of drug-likeness (QED) is 0.714. The van der Waals surface area contributed by atoms with Gasteiger partial charge in [0.1, 0.15) is 0 Å². The molecule has 0 amide bonds. The van der Waals surface area contributed by atoms with Crippen molar-refractivity contribution in [1.29, 1.82) is 0 Å². The Labute approximate surface area is 95.8 Å². The monoisotopic (exact) mass is 228 g/mol. The largest absolute Gasteiger partial charge is 0.310 e. The van der Waals surface area contributed by atoms with Crippen LogP contribution in [-0.4, -0.2) is 33.0 Å². The molecule has 0 radical (unpaired) electrons. The van der Waals surface area contributed by atoms with Crippen LogP contribution in [0, 0.1) is 5.92 Å². The SMILES string of the molecule is CC(C)CSCCNCc1cnnn1C. The molecule has 1 N–H and O–H groups in total. The Bertz CT molecular complexity index is 272. The zero-order valence-corrected chi connectivity index (χ0v) is 10.5. The summed E-state index contributed by atoms with van der Waals surface area (Å²) in [5.41, 5.74) is 1.13. The van der Waals surface area contributed by atoms with E-state index in [2.05, 4.69) is 29.5 Å². The van der Waals surface area contributed by atoms with Gasteiger partial charge in [0.05, 0.1) is 11.9 Å². The van der Waals surface area contributed by atoms with Gasteiger partial charge in [-0.3, -0.25) is 4.68 Å². The molecule has 4 nitrogen and oxygen atoms in total. The number of hydrogen-bond donors (Lipinski definition) is 1. The van der Waals surface area contributed by atoms with Crippen LogP contribution in [0.5, 0.6) is 0 Å². The molecule has 0 bridgehead atoms. The lowest BCUT2D eigenvalue weighted by atomic mass is 10.3. The predicted molar refractivity (Wildman–Crippen MR) is 64.9 cm³/mol. The third-order valence-electron chi connectivity index (χ3n) is 1.99. The number of nitrogens with zero attached hydrogens (tertiary/aromatic N) is 3. The maximum atomic E-state index is 3.88. The van der Waals surface area contributed by atoms with Crippen molar-refractivity contribution in [2.45, 2.75) is 20.4 Å². The minimum Gasteiger partial charge on any atom is -0.310 e. The molecule has 0 atom stereocenters. The van der Waals surface area contributed by atoms with Crippen LogP contribution in [0.4, 0.5) is 0 Å². The Hall–Kier alpha value is -0.550. The van der Waals surface area contributed by atoms with Gasteiger partial charge in [0, 0.05) is 25.9 Å². The average Bonchev–Trinajstić information content (AvgIpc) is 2.57. The van der Waals surface area contributed by atoms with Crippen LogP contribution in [0.15, 0.2) is 6.20 Å². The molecule has 0 aromatic carbocycles. The number of nitrogens with one attached hydrogen (secondary N) is 1. The lowest BCUT2D eigenvalue weighted by Gasteiger charge is -2.06. The number of aryl methyl sites for hydroxylation is 1. The molecule has 86 valence electrons. The first kappa shape index (κ1) is 12.5. The lowest BCUT2D eigenvalue weighted by molar-refractivity contribution is 0.631. The fraction of sp³-hybridized carbons (Fsp3) is 0.800. The second-order valence-corrected chi connectivity index (χ2v) is 5.14. The van der Waals surface area contributed by atoms with Crippen molar-refractivity contribution in [3.05, 3.63) is 11.9 Å². The standard InChI is InChI=1S/C10H20N4S/c1-9(2)8-15-5-4-11-6-10-7-12-13-14(10)3/h7,9,11H,4-6,8H2,1-3H3. The molecule has 1 heterocycles. The zero-order chi connectivity index (χ0) is 11.1. The molecule has 0 spiro atoms. The van der Waals surface area contributed by atoms with Crippen LogP contribution in [0.3, 0.4) is 0 Å². The van der Waals surface area contributed by atoms with Gasteiger partial charge in [-0.2, -0.15) is 11.8 Å². The first-order valence-electron chi connectivity index (χ1n) is 5.32. The van der Waals surface area contributed by atoms with Gasteiger partial charge in [-0.05, 0) is 11.7 Å². The van der Waals surface area contributed by atoms with Crippen molar-refractivity contribution in [1.82, 2.24) is 20.3 Å². The van der Waals surface area contributed by atoms with E-state index in [4.69, 9.17) is 0 Å². The molecular formula is C10H20N4S. The normalized spacial score (nSPS) is 11.2. The van der Waals surface area contributed by atoms with Gasteiger partial charge in [-0.15, -0.1) is 5.10 Å². The van der Waals surface area contributed by atoms with E-state index in [9.17, 15) is 0 Å². The zero-order valence-electron chi connectivity index (χ0n) is 9.73. The van der Waals surface area contributed by atoms with Crippen LogP contribution in [-0.2, 0) is 13.6 Å². The average molecular weight is 228 g/mol. The molecule has 0 saturated carbocycles. The van der Waals surface area contributed by atoms with Crippen LogP contribution >= 0.6 is 11.8 Å². The van der Waals surface area contributed by atoms with E-state index < -0.39 is 0 Å². The summed E-state index contributed by atoms with van der Waals surface area (Å²) in [7, 11) is 1.91. The van der Waals surface area contributed by atoms with E-state index >= 15 is 0 Å². The van der Waals surface area contributed by atoms with E-state index in [0.717, 1.165) is 24.7 Å². The fourth-order valence-corrected chi connectivity index (χ4v) is 2.08. The van der Waals surface area contributed by atoms with Crippen molar-refractivity contribution in [3.63, 3.8) is 0 Å². The van der Waals surface area contributed by atoms with Crippen LogP contribution < -0.4 is 5.32 Å². The second-order valence-electron chi connectivity index (χ2n) is 3.99. The molecular weight excluding hydrogens is 208 g/mol. The Kier molecular flexibility index (Phi) is 5.71. The molecule has 0 saturated heterocycles. The summed E-state index contributed by atoms with van der Waals surface area (Å²) < 4.78 is 1.80. The molecule has 0 aliphatic heterocycles. The van der Waals surface area contributed by atoms with Crippen molar-refractivity contribution < 1.29 is 0 Å². The maximum Gasteiger partial charge on any atom is 0.0738 e. The number of aromatic nitrogens is 3. The summed E-state index contributed by atoms with van der Waals surface area (Å²) in [6.07, 6.45) is 1.80. The lowest BCUT2D eigenvalue weighted by Crippen LogP contribution is -2.18. The highest BCUT2D eigenvalue weighted by molar-refractivity contribution is 7.99. The molecule has 1 rings (SSSR count). The Morgan fingerprint density at radius 2 is 2.33 bits per heavy atom. The predicted octanol–water partition coefficient (Wildman–Crippen LogP) is 1.29. The van der Waals surface area contributed by atoms with Crippen LogP contribution in [0.25, 0.3) is 0 Å². The molecule has 0 fully saturated rings. The summed E-state index contributed by atoms with van der Waals surface area (Å²) in [5.74, 6) is 3.20. The fourth-order valence-electron chi connectivity index (χ4n) is 1.15. The van der Waals surface area contributed by atoms with Crippen molar-refractivity contribution in [2.75, 3.05) is 18.1 Å².